The molecule has 0 saturated heterocycles. The number of benzene rings is 1. The second-order valence-electron chi connectivity index (χ2n) is 9.69. The van der Waals surface area contributed by atoms with E-state index in [4.69, 9.17) is 9.97 Å². The van der Waals surface area contributed by atoms with Crippen LogP contribution in [-0.2, 0) is 22.0 Å². The Bertz CT molecular complexity index is 1300. The Kier molecular flexibility index (Phi) is 5.82. The summed E-state index contributed by atoms with van der Waals surface area (Å²) in [6, 6.07) is 9.11. The van der Waals surface area contributed by atoms with Gasteiger partial charge in [0, 0.05) is 17.6 Å². The highest BCUT2D eigenvalue weighted by Crippen LogP contribution is 2.29. The van der Waals surface area contributed by atoms with Crippen molar-refractivity contribution in [1.82, 2.24) is 19.9 Å². The number of aromatic nitrogens is 3. The van der Waals surface area contributed by atoms with Gasteiger partial charge in [-0.25, -0.2) is 23.4 Å². The van der Waals surface area contributed by atoms with Gasteiger partial charge >= 0.3 is 0 Å². The predicted octanol–water partition coefficient (Wildman–Crippen LogP) is 3.76. The minimum atomic E-state index is -2.97. The summed E-state index contributed by atoms with van der Waals surface area (Å²) < 4.78 is 23.8. The third-order valence-corrected chi connectivity index (χ3v) is 8.63. The van der Waals surface area contributed by atoms with Crippen LogP contribution in [0.15, 0.2) is 30.5 Å². The van der Waals surface area contributed by atoms with E-state index in [1.165, 1.54) is 12.8 Å². The molecule has 0 radical (unpaired) electrons. The van der Waals surface area contributed by atoms with Crippen molar-refractivity contribution in [2.75, 3.05) is 25.2 Å². The minimum Gasteiger partial charge on any atom is -0.351 e. The maximum Gasteiger partial charge on any atom is 0.223 e. The van der Waals surface area contributed by atoms with Gasteiger partial charge in [0.2, 0.25) is 5.95 Å². The average molecular weight is 466 g/mol. The van der Waals surface area contributed by atoms with E-state index < -0.39 is 9.84 Å². The lowest BCUT2D eigenvalue weighted by molar-refractivity contribution is 0.221. The summed E-state index contributed by atoms with van der Waals surface area (Å²) in [7, 11) is 1.34. The van der Waals surface area contributed by atoms with E-state index in [2.05, 4.69) is 48.4 Å². The molecule has 7 nitrogen and oxygen atoms in total. The molecular formula is C25H31N5O2S. The van der Waals surface area contributed by atoms with Gasteiger partial charge in [-0.05, 0) is 81.9 Å². The van der Waals surface area contributed by atoms with Crippen molar-refractivity contribution in [3.05, 3.63) is 47.2 Å². The van der Waals surface area contributed by atoms with Crippen LogP contribution in [0.5, 0.6) is 0 Å². The molecule has 5 rings (SSSR count). The highest BCUT2D eigenvalue weighted by Gasteiger charge is 2.24. The number of nitrogens with zero attached hydrogens (tertiary/aromatic N) is 4. The number of nitrogens with one attached hydrogen (secondary N) is 1. The van der Waals surface area contributed by atoms with Crippen LogP contribution in [0.1, 0.15) is 42.4 Å². The van der Waals surface area contributed by atoms with Gasteiger partial charge in [-0.1, -0.05) is 12.1 Å². The van der Waals surface area contributed by atoms with Crippen molar-refractivity contribution in [3.63, 3.8) is 0 Å². The molecule has 33 heavy (non-hydrogen) atoms. The maximum absolute atomic E-state index is 11.9. The normalized spacial score (nSPS) is 22.3. The number of hydrogen-bond acceptors (Lipinski definition) is 7. The highest BCUT2D eigenvalue weighted by atomic mass is 32.2. The molecule has 3 heterocycles. The summed E-state index contributed by atoms with van der Waals surface area (Å²) in [6.07, 6.45) is 6.99. The van der Waals surface area contributed by atoms with Crippen molar-refractivity contribution in [2.24, 2.45) is 0 Å². The van der Waals surface area contributed by atoms with E-state index in [1.807, 2.05) is 12.1 Å². The second kappa shape index (κ2) is 8.65. The Morgan fingerprint density at radius 1 is 1.03 bits per heavy atom. The van der Waals surface area contributed by atoms with Crippen LogP contribution in [-0.4, -0.2) is 60.2 Å². The molecule has 174 valence electrons. The van der Waals surface area contributed by atoms with Crippen molar-refractivity contribution in [2.45, 2.75) is 56.9 Å². The molecule has 3 aromatic rings. The van der Waals surface area contributed by atoms with Gasteiger partial charge in [0.1, 0.15) is 5.52 Å². The van der Waals surface area contributed by atoms with Gasteiger partial charge in [0.15, 0.2) is 9.84 Å². The fourth-order valence-electron chi connectivity index (χ4n) is 5.05. The van der Waals surface area contributed by atoms with Crippen molar-refractivity contribution in [3.8, 4) is 11.3 Å². The molecule has 0 unspecified atom stereocenters. The Morgan fingerprint density at radius 3 is 2.58 bits per heavy atom. The van der Waals surface area contributed by atoms with Crippen LogP contribution in [0.2, 0.25) is 0 Å². The minimum absolute atomic E-state index is 0.132. The largest absolute Gasteiger partial charge is 0.351 e. The number of aryl methyl sites for hydroxylation is 2. The molecule has 0 spiro atoms. The summed E-state index contributed by atoms with van der Waals surface area (Å²) in [5.41, 5.74) is 6.55. The first kappa shape index (κ1) is 22.2. The predicted molar refractivity (Wildman–Crippen MR) is 132 cm³/mol. The van der Waals surface area contributed by atoms with Gasteiger partial charge in [0.05, 0.1) is 28.9 Å². The third kappa shape index (κ3) is 4.73. The van der Waals surface area contributed by atoms with Crippen molar-refractivity contribution < 1.29 is 8.42 Å². The van der Waals surface area contributed by atoms with E-state index >= 15 is 0 Å². The number of fused-ring (bicyclic) bond motifs is 2. The van der Waals surface area contributed by atoms with Crippen LogP contribution in [0, 0.1) is 6.92 Å². The molecule has 8 heteroatoms. The van der Waals surface area contributed by atoms with Crippen LogP contribution < -0.4 is 5.32 Å². The first-order valence-corrected chi connectivity index (χ1v) is 13.5. The Morgan fingerprint density at radius 2 is 1.82 bits per heavy atom. The molecule has 1 saturated carbocycles. The maximum atomic E-state index is 11.9. The second-order valence-corrected chi connectivity index (χ2v) is 11.9. The lowest BCUT2D eigenvalue weighted by atomic mass is 9.91. The number of pyridine rings is 1. The molecule has 1 N–H and O–H groups in total. The lowest BCUT2D eigenvalue weighted by Crippen LogP contribution is -2.36. The molecule has 0 bridgehead atoms. The van der Waals surface area contributed by atoms with Crippen LogP contribution in [0.4, 0.5) is 5.95 Å². The number of anilines is 1. The molecule has 0 amide bonds. The standard InChI is InChI=1S/C25H31N5O2S/c1-16-12-22(18-4-5-19-15-33(31,32)11-10-17(19)13-18)28-23-14-26-25(29-24(16)23)27-20-6-8-21(9-7-20)30(2)3/h4-5,12-14,20-21H,6-11,15H2,1-3H3,(H,26,27,29). The van der Waals surface area contributed by atoms with E-state index in [1.54, 1.807) is 6.20 Å². The average Bonchev–Trinajstić information content (AvgIpc) is 2.79. The first-order chi connectivity index (χ1) is 15.8. The molecule has 1 aliphatic carbocycles. The van der Waals surface area contributed by atoms with E-state index in [0.717, 1.165) is 51.8 Å². The topological polar surface area (TPSA) is 88.1 Å². The van der Waals surface area contributed by atoms with Gasteiger partial charge in [0.25, 0.3) is 0 Å². The van der Waals surface area contributed by atoms with Crippen molar-refractivity contribution >= 4 is 26.8 Å². The zero-order valence-electron chi connectivity index (χ0n) is 19.5. The molecule has 0 atom stereocenters. The zero-order valence-corrected chi connectivity index (χ0v) is 20.3. The number of sulfone groups is 1. The number of hydrogen-bond donors (Lipinski definition) is 1. The summed E-state index contributed by atoms with van der Waals surface area (Å²) >= 11 is 0. The smallest absolute Gasteiger partial charge is 0.223 e. The quantitative estimate of drug-likeness (QED) is 0.628. The zero-order chi connectivity index (χ0) is 23.2. The Hall–Kier alpha value is -2.58. The van der Waals surface area contributed by atoms with E-state index in [9.17, 15) is 8.42 Å². The van der Waals surface area contributed by atoms with E-state index in [-0.39, 0.29) is 11.5 Å². The Balaban J connectivity index is 1.37. The first-order valence-electron chi connectivity index (χ1n) is 11.7. The molecule has 2 aliphatic rings. The highest BCUT2D eigenvalue weighted by molar-refractivity contribution is 7.90. The summed E-state index contributed by atoms with van der Waals surface area (Å²) in [4.78, 5) is 16.5. The van der Waals surface area contributed by atoms with Crippen LogP contribution >= 0.6 is 0 Å². The van der Waals surface area contributed by atoms with E-state index in [0.29, 0.717) is 24.5 Å². The molecule has 2 aromatic heterocycles. The summed E-state index contributed by atoms with van der Waals surface area (Å²) in [6.45, 7) is 2.05. The van der Waals surface area contributed by atoms with Gasteiger partial charge in [-0.3, -0.25) is 0 Å². The fraction of sp³-hybridized carbons (Fsp3) is 0.480. The summed E-state index contributed by atoms with van der Waals surface area (Å²) in [5.74, 6) is 1.02. The third-order valence-electron chi connectivity index (χ3n) is 7.06. The molecular weight excluding hydrogens is 434 g/mol. The molecule has 1 aliphatic heterocycles. The van der Waals surface area contributed by atoms with Crippen LogP contribution in [0.25, 0.3) is 22.3 Å². The van der Waals surface area contributed by atoms with Crippen molar-refractivity contribution in [1.29, 1.82) is 0 Å². The SMILES string of the molecule is Cc1cc(-c2ccc3c(c2)CCS(=O)(=O)C3)nc2cnc(NC3CCC(N(C)C)CC3)nc12. The van der Waals surface area contributed by atoms with Crippen LogP contribution in [0.3, 0.4) is 0 Å². The van der Waals surface area contributed by atoms with Gasteiger partial charge in [-0.2, -0.15) is 0 Å². The molecule has 1 fully saturated rings. The lowest BCUT2D eigenvalue weighted by Gasteiger charge is -2.32. The summed E-state index contributed by atoms with van der Waals surface area (Å²) in [5, 5.41) is 3.53. The molecule has 1 aromatic carbocycles. The fourth-order valence-corrected chi connectivity index (χ4v) is 6.48. The van der Waals surface area contributed by atoms with Gasteiger partial charge in [-0.15, -0.1) is 0 Å². The monoisotopic (exact) mass is 465 g/mol. The van der Waals surface area contributed by atoms with Gasteiger partial charge < -0.3 is 10.2 Å². The number of rotatable bonds is 4. The Labute approximate surface area is 195 Å².